The Kier molecular flexibility index (Phi) is 5.79. The average Bonchev–Trinajstić information content (AvgIpc) is 2.77. The van der Waals surface area contributed by atoms with Crippen molar-refractivity contribution in [2.45, 2.75) is 58.6 Å². The number of hydrogen-bond donors (Lipinski definition) is 1. The molecule has 110 valence electrons. The van der Waals surface area contributed by atoms with Crippen LogP contribution < -0.4 is 5.32 Å². The first-order chi connectivity index (χ1) is 8.78. The molecular formula is C14H25NO4. The monoisotopic (exact) mass is 271 g/mol. The maximum absolute atomic E-state index is 11.7. The van der Waals surface area contributed by atoms with E-state index in [0.717, 1.165) is 13.0 Å². The molecule has 0 saturated carbocycles. The van der Waals surface area contributed by atoms with E-state index in [1.54, 1.807) is 0 Å². The normalized spacial score (nSPS) is 20.9. The molecule has 0 aromatic rings. The summed E-state index contributed by atoms with van der Waals surface area (Å²) < 4.78 is 10.4. The molecule has 1 N–H and O–H groups in total. The standard InChI is InChI=1S/C14H25NO4/c1-10(11-7-8-18-9-11)15-12(16)5-6-13(17)19-14(2,3)4/h10-11H,5-9H2,1-4H3,(H,15,16). The van der Waals surface area contributed by atoms with E-state index >= 15 is 0 Å². The molecule has 1 heterocycles. The predicted molar refractivity (Wildman–Crippen MR) is 71.6 cm³/mol. The summed E-state index contributed by atoms with van der Waals surface area (Å²) in [6.07, 6.45) is 1.28. The van der Waals surface area contributed by atoms with Gasteiger partial charge in [-0.2, -0.15) is 0 Å². The first kappa shape index (κ1) is 16.0. The molecule has 1 aliphatic rings. The van der Waals surface area contributed by atoms with Crippen molar-refractivity contribution >= 4 is 11.9 Å². The molecule has 2 unspecified atom stereocenters. The topological polar surface area (TPSA) is 64.6 Å². The second-order valence-corrected chi connectivity index (χ2v) is 6.07. The highest BCUT2D eigenvalue weighted by atomic mass is 16.6. The summed E-state index contributed by atoms with van der Waals surface area (Å²) in [6.45, 7) is 8.88. The van der Waals surface area contributed by atoms with Crippen molar-refractivity contribution in [2.75, 3.05) is 13.2 Å². The highest BCUT2D eigenvalue weighted by Crippen LogP contribution is 2.16. The van der Waals surface area contributed by atoms with Gasteiger partial charge in [0.2, 0.25) is 5.91 Å². The van der Waals surface area contributed by atoms with Crippen molar-refractivity contribution in [3.8, 4) is 0 Å². The summed E-state index contributed by atoms with van der Waals surface area (Å²) in [5.41, 5.74) is -0.498. The fourth-order valence-electron chi connectivity index (χ4n) is 2.00. The summed E-state index contributed by atoms with van der Waals surface area (Å²) in [6, 6.07) is 0.0913. The van der Waals surface area contributed by atoms with Gasteiger partial charge in [0.1, 0.15) is 5.60 Å². The van der Waals surface area contributed by atoms with Gasteiger partial charge in [-0.1, -0.05) is 0 Å². The Hall–Kier alpha value is -1.10. The Balaban J connectivity index is 2.22. The van der Waals surface area contributed by atoms with Crippen molar-refractivity contribution in [3.05, 3.63) is 0 Å². The van der Waals surface area contributed by atoms with Crippen molar-refractivity contribution in [1.29, 1.82) is 0 Å². The average molecular weight is 271 g/mol. The van der Waals surface area contributed by atoms with Gasteiger partial charge in [0.25, 0.3) is 0 Å². The van der Waals surface area contributed by atoms with Crippen LogP contribution >= 0.6 is 0 Å². The lowest BCUT2D eigenvalue weighted by molar-refractivity contribution is -0.155. The summed E-state index contributed by atoms with van der Waals surface area (Å²) >= 11 is 0. The number of rotatable bonds is 5. The first-order valence-electron chi connectivity index (χ1n) is 6.87. The van der Waals surface area contributed by atoms with Crippen molar-refractivity contribution in [1.82, 2.24) is 5.32 Å². The van der Waals surface area contributed by atoms with Gasteiger partial charge in [-0.3, -0.25) is 9.59 Å². The summed E-state index contributed by atoms with van der Waals surface area (Å²) in [5.74, 6) is -0.0600. The Labute approximate surface area is 115 Å². The van der Waals surface area contributed by atoms with Crippen LogP contribution in [0.25, 0.3) is 0 Å². The zero-order valence-corrected chi connectivity index (χ0v) is 12.3. The van der Waals surface area contributed by atoms with Crippen molar-refractivity contribution in [2.24, 2.45) is 5.92 Å². The van der Waals surface area contributed by atoms with Crippen LogP contribution in [0, 0.1) is 5.92 Å². The van der Waals surface area contributed by atoms with Crippen LogP contribution in [-0.2, 0) is 19.1 Å². The maximum atomic E-state index is 11.7. The zero-order valence-electron chi connectivity index (χ0n) is 12.3. The molecule has 19 heavy (non-hydrogen) atoms. The molecule has 5 heteroatoms. The minimum Gasteiger partial charge on any atom is -0.460 e. The van der Waals surface area contributed by atoms with E-state index in [4.69, 9.17) is 9.47 Å². The third-order valence-corrected chi connectivity index (χ3v) is 3.04. The summed E-state index contributed by atoms with van der Waals surface area (Å²) in [4.78, 5) is 23.2. The van der Waals surface area contributed by atoms with Gasteiger partial charge in [-0.15, -0.1) is 0 Å². The third-order valence-electron chi connectivity index (χ3n) is 3.04. The smallest absolute Gasteiger partial charge is 0.306 e. The molecule has 0 bridgehead atoms. The van der Waals surface area contributed by atoms with E-state index < -0.39 is 5.60 Å². The second kappa shape index (κ2) is 6.89. The molecule has 1 amide bonds. The van der Waals surface area contributed by atoms with Gasteiger partial charge >= 0.3 is 5.97 Å². The third kappa shape index (κ3) is 6.57. The Morgan fingerprint density at radius 2 is 2.05 bits per heavy atom. The lowest BCUT2D eigenvalue weighted by Crippen LogP contribution is -2.38. The highest BCUT2D eigenvalue weighted by molar-refractivity contribution is 5.81. The molecule has 0 radical (unpaired) electrons. The largest absolute Gasteiger partial charge is 0.460 e. The number of nitrogens with one attached hydrogen (secondary N) is 1. The first-order valence-corrected chi connectivity index (χ1v) is 6.87. The van der Waals surface area contributed by atoms with Crippen LogP contribution in [0.1, 0.15) is 47.0 Å². The molecule has 1 aliphatic heterocycles. The minimum absolute atomic E-state index is 0.0913. The molecule has 1 fully saturated rings. The molecule has 5 nitrogen and oxygen atoms in total. The van der Waals surface area contributed by atoms with Gasteiger partial charge in [0, 0.05) is 25.0 Å². The van der Waals surface area contributed by atoms with Crippen LogP contribution in [0.5, 0.6) is 0 Å². The van der Waals surface area contributed by atoms with Crippen molar-refractivity contribution < 1.29 is 19.1 Å². The molecule has 0 aromatic carbocycles. The van der Waals surface area contributed by atoms with E-state index in [1.807, 2.05) is 27.7 Å². The number of carbonyl (C=O) groups excluding carboxylic acids is 2. The lowest BCUT2D eigenvalue weighted by atomic mass is 10.0. The fourth-order valence-corrected chi connectivity index (χ4v) is 2.00. The van der Waals surface area contributed by atoms with E-state index in [-0.39, 0.29) is 30.8 Å². The van der Waals surface area contributed by atoms with Gasteiger partial charge in [-0.05, 0) is 34.1 Å². The number of carbonyl (C=O) groups is 2. The molecule has 0 spiro atoms. The van der Waals surface area contributed by atoms with Crippen LogP contribution in [-0.4, -0.2) is 36.7 Å². The van der Waals surface area contributed by atoms with Gasteiger partial charge < -0.3 is 14.8 Å². The van der Waals surface area contributed by atoms with Crippen molar-refractivity contribution in [3.63, 3.8) is 0 Å². The molecule has 0 aromatic heterocycles. The highest BCUT2D eigenvalue weighted by Gasteiger charge is 2.24. The Morgan fingerprint density at radius 3 is 2.58 bits per heavy atom. The zero-order chi connectivity index (χ0) is 14.5. The summed E-state index contributed by atoms with van der Waals surface area (Å²) in [7, 11) is 0. The minimum atomic E-state index is -0.498. The van der Waals surface area contributed by atoms with Crippen LogP contribution in [0.2, 0.25) is 0 Å². The van der Waals surface area contributed by atoms with Crippen LogP contribution in [0.4, 0.5) is 0 Å². The number of esters is 1. The van der Waals surface area contributed by atoms with Crippen LogP contribution in [0.3, 0.4) is 0 Å². The SMILES string of the molecule is CC(NC(=O)CCC(=O)OC(C)(C)C)C1CCOC1. The number of ether oxygens (including phenoxy) is 2. The predicted octanol–water partition coefficient (Wildman–Crippen LogP) is 1.65. The summed E-state index contributed by atoms with van der Waals surface area (Å²) in [5, 5.41) is 2.91. The Bertz CT molecular complexity index is 316. The molecule has 1 rings (SSSR count). The van der Waals surface area contributed by atoms with Gasteiger partial charge in [0.15, 0.2) is 0 Å². The maximum Gasteiger partial charge on any atom is 0.306 e. The van der Waals surface area contributed by atoms with Crippen LogP contribution in [0.15, 0.2) is 0 Å². The van der Waals surface area contributed by atoms with Gasteiger partial charge in [0.05, 0.1) is 13.0 Å². The van der Waals surface area contributed by atoms with E-state index in [1.165, 1.54) is 0 Å². The fraction of sp³-hybridized carbons (Fsp3) is 0.857. The molecule has 0 aliphatic carbocycles. The lowest BCUT2D eigenvalue weighted by Gasteiger charge is -2.20. The molecule has 2 atom stereocenters. The second-order valence-electron chi connectivity index (χ2n) is 6.07. The quantitative estimate of drug-likeness (QED) is 0.772. The van der Waals surface area contributed by atoms with E-state index in [2.05, 4.69) is 5.32 Å². The number of amides is 1. The molecule has 1 saturated heterocycles. The van der Waals surface area contributed by atoms with Gasteiger partial charge in [-0.25, -0.2) is 0 Å². The molecular weight excluding hydrogens is 246 g/mol. The number of hydrogen-bond acceptors (Lipinski definition) is 4. The van der Waals surface area contributed by atoms with E-state index in [0.29, 0.717) is 12.5 Å². The van der Waals surface area contributed by atoms with E-state index in [9.17, 15) is 9.59 Å². The Morgan fingerprint density at radius 1 is 1.37 bits per heavy atom.